The molecule has 3 amide bonds. The third-order valence-electron chi connectivity index (χ3n) is 1.24. The van der Waals surface area contributed by atoms with Gasteiger partial charge in [0.2, 0.25) is 5.91 Å². The molecule has 0 aromatic rings. The molecule has 1 heterocycles. The summed E-state index contributed by atoms with van der Waals surface area (Å²) in [5, 5.41) is 3.51. The average Bonchev–Trinajstić information content (AvgIpc) is 1.88. The standard InChI is InChI=1S/C5H9N3O2/c1-2-8-5(10)7-4(9)3-6-8/h6H,2-3H2,1H3,(H,7,9,10). The molecule has 1 aliphatic heterocycles. The Labute approximate surface area is 58.3 Å². The van der Waals surface area contributed by atoms with E-state index in [4.69, 9.17) is 0 Å². The second-order valence-corrected chi connectivity index (χ2v) is 1.93. The lowest BCUT2D eigenvalue weighted by Gasteiger charge is -2.25. The van der Waals surface area contributed by atoms with E-state index in [1.807, 2.05) is 6.92 Å². The molecule has 1 rings (SSSR count). The highest BCUT2D eigenvalue weighted by molar-refractivity contribution is 5.97. The molecule has 56 valence electrons. The zero-order valence-electron chi connectivity index (χ0n) is 5.68. The quantitative estimate of drug-likeness (QED) is 0.498. The first-order valence-corrected chi connectivity index (χ1v) is 3.09. The molecule has 0 saturated carbocycles. The van der Waals surface area contributed by atoms with Crippen molar-refractivity contribution < 1.29 is 9.59 Å². The van der Waals surface area contributed by atoms with E-state index in [1.165, 1.54) is 5.01 Å². The Morgan fingerprint density at radius 1 is 1.60 bits per heavy atom. The molecule has 0 atom stereocenters. The fraction of sp³-hybridized carbons (Fsp3) is 0.600. The lowest BCUT2D eigenvalue weighted by molar-refractivity contribution is -0.121. The van der Waals surface area contributed by atoms with E-state index in [0.717, 1.165) is 0 Å². The van der Waals surface area contributed by atoms with Gasteiger partial charge in [-0.3, -0.25) is 15.1 Å². The smallest absolute Gasteiger partial charge is 0.276 e. The molecule has 1 aliphatic rings. The van der Waals surface area contributed by atoms with Crippen molar-refractivity contribution in [2.45, 2.75) is 6.92 Å². The molecule has 1 saturated heterocycles. The molecule has 0 aromatic heterocycles. The molecule has 5 heteroatoms. The maximum Gasteiger partial charge on any atom is 0.338 e. The number of rotatable bonds is 1. The highest BCUT2D eigenvalue weighted by Crippen LogP contribution is 1.87. The van der Waals surface area contributed by atoms with Crippen molar-refractivity contribution in [2.24, 2.45) is 0 Å². The third kappa shape index (κ3) is 1.24. The van der Waals surface area contributed by atoms with Crippen molar-refractivity contribution in [2.75, 3.05) is 13.1 Å². The van der Waals surface area contributed by atoms with Crippen LogP contribution in [0.4, 0.5) is 4.79 Å². The molecule has 10 heavy (non-hydrogen) atoms. The summed E-state index contributed by atoms with van der Waals surface area (Å²) in [6, 6.07) is -0.376. The van der Waals surface area contributed by atoms with Crippen LogP contribution in [0.1, 0.15) is 6.92 Å². The Morgan fingerprint density at radius 2 is 2.30 bits per heavy atom. The fourth-order valence-electron chi connectivity index (χ4n) is 0.725. The van der Waals surface area contributed by atoms with Gasteiger partial charge in [-0.05, 0) is 6.92 Å². The molecular formula is C5H9N3O2. The third-order valence-corrected chi connectivity index (χ3v) is 1.24. The van der Waals surface area contributed by atoms with Gasteiger partial charge in [0.1, 0.15) is 0 Å². The Balaban J connectivity index is 2.51. The van der Waals surface area contributed by atoms with Crippen LogP contribution in [-0.4, -0.2) is 30.0 Å². The van der Waals surface area contributed by atoms with Crippen molar-refractivity contribution in [3.8, 4) is 0 Å². The Morgan fingerprint density at radius 3 is 2.80 bits per heavy atom. The van der Waals surface area contributed by atoms with Crippen molar-refractivity contribution in [1.29, 1.82) is 0 Å². The van der Waals surface area contributed by atoms with Crippen LogP contribution < -0.4 is 10.7 Å². The zero-order chi connectivity index (χ0) is 7.56. The predicted molar refractivity (Wildman–Crippen MR) is 33.9 cm³/mol. The molecule has 0 bridgehead atoms. The lowest BCUT2D eigenvalue weighted by Crippen LogP contribution is -2.58. The van der Waals surface area contributed by atoms with E-state index in [2.05, 4.69) is 10.7 Å². The number of nitrogens with one attached hydrogen (secondary N) is 2. The van der Waals surface area contributed by atoms with Crippen LogP contribution in [-0.2, 0) is 4.79 Å². The summed E-state index contributed by atoms with van der Waals surface area (Å²) in [5.74, 6) is -0.283. The Kier molecular flexibility index (Phi) is 1.86. The van der Waals surface area contributed by atoms with Gasteiger partial charge < -0.3 is 0 Å². The maximum absolute atomic E-state index is 10.8. The number of nitrogens with zero attached hydrogens (tertiary/aromatic N) is 1. The summed E-state index contributed by atoms with van der Waals surface area (Å²) < 4.78 is 0. The largest absolute Gasteiger partial charge is 0.338 e. The van der Waals surface area contributed by atoms with Gasteiger partial charge in [-0.1, -0.05) is 0 Å². The second kappa shape index (κ2) is 2.66. The first-order valence-electron chi connectivity index (χ1n) is 3.09. The summed E-state index contributed by atoms with van der Waals surface area (Å²) in [7, 11) is 0. The second-order valence-electron chi connectivity index (χ2n) is 1.93. The molecule has 0 unspecified atom stereocenters. The minimum Gasteiger partial charge on any atom is -0.276 e. The molecule has 0 aromatic carbocycles. The van der Waals surface area contributed by atoms with E-state index >= 15 is 0 Å². The number of carbonyl (C=O) groups excluding carboxylic acids is 2. The topological polar surface area (TPSA) is 61.4 Å². The van der Waals surface area contributed by atoms with E-state index in [1.54, 1.807) is 0 Å². The van der Waals surface area contributed by atoms with Crippen LogP contribution in [0.2, 0.25) is 0 Å². The van der Waals surface area contributed by atoms with Crippen molar-refractivity contribution in [3.63, 3.8) is 0 Å². The lowest BCUT2D eigenvalue weighted by atomic mass is 10.5. The predicted octanol–water partition coefficient (Wildman–Crippen LogP) is -0.937. The van der Waals surface area contributed by atoms with E-state index in [-0.39, 0.29) is 18.5 Å². The molecule has 5 nitrogen and oxygen atoms in total. The van der Waals surface area contributed by atoms with Gasteiger partial charge in [0.15, 0.2) is 0 Å². The fourth-order valence-corrected chi connectivity index (χ4v) is 0.725. The van der Waals surface area contributed by atoms with Gasteiger partial charge >= 0.3 is 6.03 Å². The molecule has 0 aliphatic carbocycles. The van der Waals surface area contributed by atoms with Crippen LogP contribution in [0.15, 0.2) is 0 Å². The van der Waals surface area contributed by atoms with Gasteiger partial charge in [0.25, 0.3) is 0 Å². The summed E-state index contributed by atoms with van der Waals surface area (Å²) in [4.78, 5) is 21.3. The molecule has 0 spiro atoms. The SMILES string of the molecule is CCN1NCC(=O)NC1=O. The van der Waals surface area contributed by atoms with Crippen LogP contribution in [0.25, 0.3) is 0 Å². The van der Waals surface area contributed by atoms with Gasteiger partial charge in [0.05, 0.1) is 6.54 Å². The summed E-state index contributed by atoms with van der Waals surface area (Å²) in [6.45, 7) is 2.56. The van der Waals surface area contributed by atoms with Gasteiger partial charge in [-0.2, -0.15) is 0 Å². The van der Waals surface area contributed by atoms with E-state index in [9.17, 15) is 9.59 Å². The van der Waals surface area contributed by atoms with Gasteiger partial charge in [0, 0.05) is 6.54 Å². The highest BCUT2D eigenvalue weighted by Gasteiger charge is 2.19. The number of carbonyl (C=O) groups is 2. The highest BCUT2D eigenvalue weighted by atomic mass is 16.2. The summed E-state index contributed by atoms with van der Waals surface area (Å²) >= 11 is 0. The van der Waals surface area contributed by atoms with Crippen molar-refractivity contribution in [1.82, 2.24) is 15.8 Å². The zero-order valence-corrected chi connectivity index (χ0v) is 5.68. The number of amides is 3. The van der Waals surface area contributed by atoms with Gasteiger partial charge in [-0.25, -0.2) is 10.2 Å². The summed E-state index contributed by atoms with van der Waals surface area (Å²) in [5.41, 5.74) is 2.64. The molecule has 2 N–H and O–H groups in total. The number of urea groups is 1. The first kappa shape index (κ1) is 7.01. The first-order chi connectivity index (χ1) is 4.74. The molecular weight excluding hydrogens is 134 g/mol. The van der Waals surface area contributed by atoms with Crippen molar-refractivity contribution >= 4 is 11.9 Å². The van der Waals surface area contributed by atoms with Crippen LogP contribution >= 0.6 is 0 Å². The monoisotopic (exact) mass is 143 g/mol. The number of hydrogen-bond donors (Lipinski definition) is 2. The Hall–Kier alpha value is -1.10. The minimum atomic E-state index is -0.376. The van der Waals surface area contributed by atoms with E-state index in [0.29, 0.717) is 6.54 Å². The van der Waals surface area contributed by atoms with Crippen LogP contribution in [0.3, 0.4) is 0 Å². The molecule has 1 fully saturated rings. The van der Waals surface area contributed by atoms with Crippen molar-refractivity contribution in [3.05, 3.63) is 0 Å². The van der Waals surface area contributed by atoms with Crippen LogP contribution in [0.5, 0.6) is 0 Å². The number of hydrazine groups is 1. The van der Waals surface area contributed by atoms with Gasteiger partial charge in [-0.15, -0.1) is 0 Å². The normalized spacial score (nSPS) is 19.1. The Bertz CT molecular complexity index is 168. The maximum atomic E-state index is 10.8. The minimum absolute atomic E-state index is 0.180. The number of imide groups is 1. The summed E-state index contributed by atoms with van der Waals surface area (Å²) in [6.07, 6.45) is 0. The van der Waals surface area contributed by atoms with Crippen LogP contribution in [0, 0.1) is 0 Å². The number of hydrogen-bond acceptors (Lipinski definition) is 3. The molecule has 0 radical (unpaired) electrons. The average molecular weight is 143 g/mol. The van der Waals surface area contributed by atoms with E-state index < -0.39 is 0 Å².